The molecule has 0 bridgehead atoms. The maximum absolute atomic E-state index is 2.51. The minimum atomic E-state index is 0.105. The van der Waals surface area contributed by atoms with Crippen molar-refractivity contribution in [3.63, 3.8) is 0 Å². The summed E-state index contributed by atoms with van der Waals surface area (Å²) < 4.78 is 0. The minimum absolute atomic E-state index is 0.105. The third-order valence-electron chi connectivity index (χ3n) is 10.9. The molecule has 0 atom stereocenters. The molecule has 0 heterocycles. The van der Waals surface area contributed by atoms with Gasteiger partial charge >= 0.3 is 0 Å². The normalized spacial score (nSPS) is 13.4. The Hall–Kier alpha value is -2.60. The molecule has 4 rings (SSSR count). The van der Waals surface area contributed by atoms with Gasteiger partial charge in [-0.15, -0.1) is 0 Å². The minimum Gasteiger partial charge on any atom is -0.0646 e. The predicted octanol–water partition coefficient (Wildman–Crippen LogP) is 12.4. The van der Waals surface area contributed by atoms with Crippen LogP contribution in [0.1, 0.15) is 131 Å². The molecule has 0 nitrogen and oxygen atoms in total. The molecule has 0 saturated heterocycles. The van der Waals surface area contributed by atoms with Crippen LogP contribution in [0.2, 0.25) is 0 Å². The Morgan fingerprint density at radius 1 is 0.375 bits per heavy atom. The van der Waals surface area contributed by atoms with Gasteiger partial charge in [0.1, 0.15) is 0 Å². The summed E-state index contributed by atoms with van der Waals surface area (Å²) in [7, 11) is 0. The van der Waals surface area contributed by atoms with Crippen LogP contribution >= 0.6 is 0 Å². The summed E-state index contributed by atoms with van der Waals surface area (Å²) >= 11 is 0. The second-order valence-corrected chi connectivity index (χ2v) is 14.9. The molecular formula is C40H54. The molecule has 0 unspecified atom stereocenters. The highest BCUT2D eigenvalue weighted by Crippen LogP contribution is 2.43. The van der Waals surface area contributed by atoms with Crippen molar-refractivity contribution < 1.29 is 0 Å². The van der Waals surface area contributed by atoms with Gasteiger partial charge in [-0.25, -0.2) is 0 Å². The van der Waals surface area contributed by atoms with Crippen molar-refractivity contribution in [2.24, 2.45) is 0 Å². The fraction of sp³-hybridized carbons (Fsp3) is 0.500. The highest BCUT2D eigenvalue weighted by Gasteiger charge is 2.26. The van der Waals surface area contributed by atoms with Gasteiger partial charge < -0.3 is 0 Å². The van der Waals surface area contributed by atoms with Crippen molar-refractivity contribution in [3.8, 4) is 11.1 Å². The average Bonchev–Trinajstić information content (AvgIpc) is 2.95. The molecule has 214 valence electrons. The molecule has 0 radical (unpaired) electrons. The highest BCUT2D eigenvalue weighted by molar-refractivity contribution is 6.06. The Labute approximate surface area is 245 Å². The maximum atomic E-state index is 2.51. The first kappa shape index (κ1) is 30.4. The lowest BCUT2D eigenvalue weighted by atomic mass is 9.75. The molecular weight excluding hydrogens is 480 g/mol. The van der Waals surface area contributed by atoms with Crippen LogP contribution in [0.3, 0.4) is 0 Å². The first-order chi connectivity index (χ1) is 18.6. The van der Waals surface area contributed by atoms with Crippen molar-refractivity contribution in [2.75, 3.05) is 0 Å². The molecule has 0 fully saturated rings. The molecule has 0 amide bonds. The fourth-order valence-electron chi connectivity index (χ4n) is 5.63. The summed E-state index contributed by atoms with van der Waals surface area (Å²) in [5, 5.41) is 5.45. The molecule has 0 saturated carbocycles. The lowest BCUT2D eigenvalue weighted by Gasteiger charge is -2.29. The number of fused-ring (bicyclic) bond motifs is 2. The van der Waals surface area contributed by atoms with Gasteiger partial charge in [0.15, 0.2) is 0 Å². The molecule has 0 aliphatic rings. The molecule has 0 aliphatic carbocycles. The third kappa shape index (κ3) is 5.48. The SMILES string of the molecule is CCC(C)(C)c1ccc2c(-c3cc(C(C)(C)CC)cc4cc(C(C)(C)CC)ccc34)cc(C(C)(C)CC)cc2c1. The van der Waals surface area contributed by atoms with E-state index >= 15 is 0 Å². The molecule has 4 aromatic carbocycles. The van der Waals surface area contributed by atoms with Crippen LogP contribution in [-0.4, -0.2) is 0 Å². The first-order valence-electron chi connectivity index (χ1n) is 15.8. The molecule has 0 N–H and O–H groups in total. The van der Waals surface area contributed by atoms with Gasteiger partial charge in [0.05, 0.1) is 0 Å². The zero-order valence-corrected chi connectivity index (χ0v) is 27.6. The lowest BCUT2D eigenvalue weighted by molar-refractivity contribution is 0.505. The van der Waals surface area contributed by atoms with Crippen molar-refractivity contribution in [2.45, 2.75) is 130 Å². The molecule has 0 aliphatic heterocycles. The second-order valence-electron chi connectivity index (χ2n) is 14.9. The summed E-state index contributed by atoms with van der Waals surface area (Å²) in [4.78, 5) is 0. The van der Waals surface area contributed by atoms with Gasteiger partial charge in [0.2, 0.25) is 0 Å². The van der Waals surface area contributed by atoms with E-state index in [2.05, 4.69) is 144 Å². The molecule has 0 spiro atoms. The Balaban J connectivity index is 2.14. The van der Waals surface area contributed by atoms with Gasteiger partial charge in [0, 0.05) is 0 Å². The van der Waals surface area contributed by atoms with Gasteiger partial charge in [-0.2, -0.15) is 0 Å². The summed E-state index contributed by atoms with van der Waals surface area (Å²) in [5.74, 6) is 0. The van der Waals surface area contributed by atoms with Gasteiger partial charge in [-0.05, 0) is 114 Å². The van der Waals surface area contributed by atoms with E-state index in [9.17, 15) is 0 Å². The van der Waals surface area contributed by atoms with Crippen LogP contribution in [0.4, 0.5) is 0 Å². The zero-order chi connectivity index (χ0) is 29.7. The van der Waals surface area contributed by atoms with Crippen LogP contribution in [-0.2, 0) is 21.7 Å². The van der Waals surface area contributed by atoms with Crippen molar-refractivity contribution in [1.29, 1.82) is 0 Å². The standard InChI is InChI=1S/C40H54/c1-13-37(5,6)29-17-19-33-27(21-29)23-31(39(9,10)15-3)25-35(33)36-26-32(40(11,12)16-4)24-28-22-30(18-20-34(28)36)38(7,8)14-2/h17-26H,13-16H2,1-12H3. The molecule has 0 aromatic heterocycles. The largest absolute Gasteiger partial charge is 0.0646 e. The van der Waals surface area contributed by atoms with E-state index < -0.39 is 0 Å². The van der Waals surface area contributed by atoms with E-state index in [1.807, 2.05) is 0 Å². The van der Waals surface area contributed by atoms with Crippen LogP contribution in [0.5, 0.6) is 0 Å². The average molecular weight is 535 g/mol. The quantitative estimate of drug-likeness (QED) is 0.200. The van der Waals surface area contributed by atoms with E-state index in [4.69, 9.17) is 0 Å². The highest BCUT2D eigenvalue weighted by atomic mass is 14.3. The molecule has 40 heavy (non-hydrogen) atoms. The smallest absolute Gasteiger partial charge is 0.00961 e. The Kier molecular flexibility index (Phi) is 8.09. The van der Waals surface area contributed by atoms with Crippen molar-refractivity contribution in [3.05, 3.63) is 82.9 Å². The Bertz CT molecular complexity index is 1400. The number of hydrogen-bond donors (Lipinski definition) is 0. The number of rotatable bonds is 9. The van der Waals surface area contributed by atoms with Crippen LogP contribution < -0.4 is 0 Å². The van der Waals surface area contributed by atoms with Crippen molar-refractivity contribution in [1.82, 2.24) is 0 Å². The lowest BCUT2D eigenvalue weighted by Crippen LogP contribution is -2.17. The van der Waals surface area contributed by atoms with Gasteiger partial charge in [0.25, 0.3) is 0 Å². The van der Waals surface area contributed by atoms with Crippen LogP contribution in [0.25, 0.3) is 32.7 Å². The first-order valence-corrected chi connectivity index (χ1v) is 15.8. The topological polar surface area (TPSA) is 0 Å². The molecule has 4 aromatic rings. The summed E-state index contributed by atoms with van der Waals surface area (Å²) in [6.07, 6.45) is 4.47. The van der Waals surface area contributed by atoms with Gasteiger partial charge in [-0.1, -0.05) is 132 Å². The Morgan fingerprint density at radius 3 is 0.950 bits per heavy atom. The number of benzene rings is 4. The monoisotopic (exact) mass is 534 g/mol. The summed E-state index contributed by atoms with van der Waals surface area (Å²) in [6.45, 7) is 28.3. The summed E-state index contributed by atoms with van der Waals surface area (Å²) in [6, 6.07) is 24.5. The maximum Gasteiger partial charge on any atom is -0.00961 e. The number of hydrogen-bond acceptors (Lipinski definition) is 0. The van der Waals surface area contributed by atoms with E-state index in [1.165, 1.54) is 54.9 Å². The van der Waals surface area contributed by atoms with Crippen LogP contribution in [0.15, 0.2) is 60.7 Å². The van der Waals surface area contributed by atoms with E-state index in [0.717, 1.165) is 25.7 Å². The third-order valence-corrected chi connectivity index (χ3v) is 10.9. The van der Waals surface area contributed by atoms with E-state index in [-0.39, 0.29) is 21.7 Å². The summed E-state index contributed by atoms with van der Waals surface area (Å²) in [5.41, 5.74) is 8.99. The van der Waals surface area contributed by atoms with Crippen LogP contribution in [0, 0.1) is 0 Å². The second kappa shape index (κ2) is 10.7. The zero-order valence-electron chi connectivity index (χ0n) is 27.6. The predicted molar refractivity (Wildman–Crippen MR) is 180 cm³/mol. The van der Waals surface area contributed by atoms with E-state index in [0.29, 0.717) is 0 Å². The molecule has 0 heteroatoms. The fourth-order valence-corrected chi connectivity index (χ4v) is 5.63. The Morgan fingerprint density at radius 2 is 0.650 bits per heavy atom. The van der Waals surface area contributed by atoms with Gasteiger partial charge in [-0.3, -0.25) is 0 Å². The van der Waals surface area contributed by atoms with E-state index in [1.54, 1.807) is 0 Å². The van der Waals surface area contributed by atoms with Crippen molar-refractivity contribution >= 4 is 21.5 Å².